The van der Waals surface area contributed by atoms with Crippen LogP contribution in [-0.2, 0) is 13.0 Å². The van der Waals surface area contributed by atoms with Gasteiger partial charge in [-0.25, -0.2) is 14.5 Å². The Kier molecular flexibility index (Phi) is 4.69. The first-order valence-corrected chi connectivity index (χ1v) is 8.23. The molecule has 0 radical (unpaired) electrons. The Morgan fingerprint density at radius 2 is 2.21 bits per heavy atom. The second kappa shape index (κ2) is 6.90. The molecule has 2 atom stereocenters. The van der Waals surface area contributed by atoms with Gasteiger partial charge in [0.25, 0.3) is 0 Å². The third kappa shape index (κ3) is 3.50. The zero-order valence-electron chi connectivity index (χ0n) is 14.0. The lowest BCUT2D eigenvalue weighted by molar-refractivity contribution is 0.186. The minimum absolute atomic E-state index is 0.0380. The molecular weight excluding hydrogens is 306 g/mol. The van der Waals surface area contributed by atoms with Crippen LogP contribution in [0.5, 0.6) is 5.75 Å². The average Bonchev–Trinajstić information content (AvgIpc) is 3.06. The Hall–Kier alpha value is -2.57. The van der Waals surface area contributed by atoms with Gasteiger partial charge in [0.1, 0.15) is 17.9 Å². The van der Waals surface area contributed by atoms with Crippen molar-refractivity contribution in [3.8, 4) is 5.75 Å². The summed E-state index contributed by atoms with van der Waals surface area (Å²) >= 11 is 0. The highest BCUT2D eigenvalue weighted by atomic mass is 16.3. The second-order valence-corrected chi connectivity index (χ2v) is 6.32. The number of aromatic hydroxyl groups is 1. The summed E-state index contributed by atoms with van der Waals surface area (Å²) in [4.78, 5) is 18.5. The van der Waals surface area contributed by atoms with Gasteiger partial charge in [0.05, 0.1) is 6.04 Å². The molecule has 2 amide bonds. The van der Waals surface area contributed by atoms with Gasteiger partial charge in [0.2, 0.25) is 0 Å². The summed E-state index contributed by atoms with van der Waals surface area (Å²) in [5.74, 6) is 1.08. The number of benzene rings is 1. The van der Waals surface area contributed by atoms with Crippen LogP contribution in [0, 0.1) is 0 Å². The summed E-state index contributed by atoms with van der Waals surface area (Å²) in [6, 6.07) is 6.92. The first-order valence-electron chi connectivity index (χ1n) is 8.23. The molecule has 7 nitrogen and oxygen atoms in total. The topological polar surface area (TPSA) is 83.3 Å². The van der Waals surface area contributed by atoms with E-state index in [1.54, 1.807) is 24.1 Å². The van der Waals surface area contributed by atoms with Crippen LogP contribution < -0.4 is 5.32 Å². The van der Waals surface area contributed by atoms with E-state index in [9.17, 15) is 9.90 Å². The molecule has 1 aliphatic heterocycles. The highest BCUT2D eigenvalue weighted by Gasteiger charge is 2.26. The SMILES string of the molecule is C[C@@H](Cc1ccc(O)cc1)N(C)C(=O)N[C@H]1CCCn2ncnc21. The number of aryl methyl sites for hydroxylation is 1. The summed E-state index contributed by atoms with van der Waals surface area (Å²) in [6.07, 6.45) is 4.13. The highest BCUT2D eigenvalue weighted by Crippen LogP contribution is 2.22. The number of fused-ring (bicyclic) bond motifs is 1. The Balaban J connectivity index is 1.59. The first-order chi connectivity index (χ1) is 11.5. The van der Waals surface area contributed by atoms with Gasteiger partial charge >= 0.3 is 6.03 Å². The summed E-state index contributed by atoms with van der Waals surface area (Å²) in [5, 5.41) is 16.6. The van der Waals surface area contributed by atoms with Crippen LogP contribution in [0.1, 0.15) is 37.2 Å². The van der Waals surface area contributed by atoms with Crippen LogP contribution in [0.4, 0.5) is 4.79 Å². The van der Waals surface area contributed by atoms with E-state index >= 15 is 0 Å². The molecule has 0 bridgehead atoms. The number of carbonyl (C=O) groups is 1. The van der Waals surface area contributed by atoms with Crippen molar-refractivity contribution in [1.82, 2.24) is 25.0 Å². The average molecular weight is 329 g/mol. The standard InChI is InChI=1S/C17H23N5O2/c1-12(10-13-5-7-14(23)8-6-13)21(2)17(24)20-15-4-3-9-22-16(15)18-11-19-22/h5-8,11-12,15,23H,3-4,9-10H2,1-2H3,(H,20,24)/t12-,15-/m0/s1. The number of nitrogens with zero attached hydrogens (tertiary/aromatic N) is 4. The number of aromatic nitrogens is 3. The molecule has 0 spiro atoms. The number of rotatable bonds is 4. The lowest BCUT2D eigenvalue weighted by Crippen LogP contribution is -2.45. The summed E-state index contributed by atoms with van der Waals surface area (Å²) < 4.78 is 1.86. The van der Waals surface area contributed by atoms with E-state index in [4.69, 9.17) is 0 Å². The summed E-state index contributed by atoms with van der Waals surface area (Å²) in [7, 11) is 1.80. The van der Waals surface area contributed by atoms with Crippen molar-refractivity contribution in [3.05, 3.63) is 42.0 Å². The molecule has 24 heavy (non-hydrogen) atoms. The molecular formula is C17H23N5O2. The van der Waals surface area contributed by atoms with Crippen molar-refractivity contribution in [2.45, 2.75) is 44.8 Å². The largest absolute Gasteiger partial charge is 0.508 e. The molecule has 3 rings (SSSR count). The molecule has 7 heteroatoms. The smallest absolute Gasteiger partial charge is 0.317 e. The van der Waals surface area contributed by atoms with Crippen LogP contribution >= 0.6 is 0 Å². The van der Waals surface area contributed by atoms with Crippen LogP contribution in [0.2, 0.25) is 0 Å². The van der Waals surface area contributed by atoms with Gasteiger partial charge in [0.15, 0.2) is 0 Å². The van der Waals surface area contributed by atoms with E-state index in [1.807, 2.05) is 23.7 Å². The van der Waals surface area contributed by atoms with Crippen molar-refractivity contribution in [3.63, 3.8) is 0 Å². The van der Waals surface area contributed by atoms with E-state index < -0.39 is 0 Å². The molecule has 0 saturated heterocycles. The number of urea groups is 1. The minimum atomic E-state index is -0.109. The Morgan fingerprint density at radius 1 is 1.46 bits per heavy atom. The van der Waals surface area contributed by atoms with Crippen LogP contribution in [0.25, 0.3) is 0 Å². The molecule has 2 N–H and O–H groups in total. The number of nitrogens with one attached hydrogen (secondary N) is 1. The maximum absolute atomic E-state index is 12.5. The molecule has 1 aliphatic rings. The molecule has 1 aromatic carbocycles. The van der Waals surface area contributed by atoms with E-state index in [-0.39, 0.29) is 23.9 Å². The predicted molar refractivity (Wildman–Crippen MR) is 89.6 cm³/mol. The maximum Gasteiger partial charge on any atom is 0.317 e. The third-order valence-corrected chi connectivity index (χ3v) is 4.57. The Morgan fingerprint density at radius 3 is 2.96 bits per heavy atom. The fourth-order valence-corrected chi connectivity index (χ4v) is 2.99. The summed E-state index contributed by atoms with van der Waals surface area (Å²) in [5.41, 5.74) is 1.08. The van der Waals surface area contributed by atoms with Crippen molar-refractivity contribution in [2.75, 3.05) is 7.05 Å². The molecule has 0 saturated carbocycles. The van der Waals surface area contributed by atoms with Gasteiger partial charge < -0.3 is 15.3 Å². The molecule has 2 heterocycles. The minimum Gasteiger partial charge on any atom is -0.508 e. The Labute approximate surface area is 141 Å². The van der Waals surface area contributed by atoms with Crippen molar-refractivity contribution >= 4 is 6.03 Å². The number of carbonyl (C=O) groups excluding carboxylic acids is 1. The van der Waals surface area contributed by atoms with Crippen LogP contribution in [-0.4, -0.2) is 43.9 Å². The molecule has 2 aromatic rings. The second-order valence-electron chi connectivity index (χ2n) is 6.32. The maximum atomic E-state index is 12.5. The third-order valence-electron chi connectivity index (χ3n) is 4.57. The number of likely N-dealkylation sites (N-methyl/N-ethyl adjacent to an activating group) is 1. The van der Waals surface area contributed by atoms with Crippen LogP contribution in [0.3, 0.4) is 0 Å². The lowest BCUT2D eigenvalue weighted by Gasteiger charge is -2.29. The van der Waals surface area contributed by atoms with E-state index in [2.05, 4.69) is 15.4 Å². The normalized spacial score (nSPS) is 17.8. The van der Waals surface area contributed by atoms with Crippen molar-refractivity contribution in [2.24, 2.45) is 0 Å². The van der Waals surface area contributed by atoms with Gasteiger partial charge in [-0.05, 0) is 43.9 Å². The fraction of sp³-hybridized carbons (Fsp3) is 0.471. The summed E-state index contributed by atoms with van der Waals surface area (Å²) in [6.45, 7) is 2.87. The van der Waals surface area contributed by atoms with Crippen LogP contribution in [0.15, 0.2) is 30.6 Å². The number of phenols is 1. The molecule has 0 unspecified atom stereocenters. The van der Waals surface area contributed by atoms with Gasteiger partial charge in [-0.15, -0.1) is 0 Å². The van der Waals surface area contributed by atoms with E-state index in [1.165, 1.54) is 6.33 Å². The predicted octanol–water partition coefficient (Wildman–Crippen LogP) is 2.09. The monoisotopic (exact) mass is 329 g/mol. The zero-order valence-corrected chi connectivity index (χ0v) is 14.0. The molecule has 0 aliphatic carbocycles. The fourth-order valence-electron chi connectivity index (χ4n) is 2.99. The first kappa shape index (κ1) is 16.3. The van der Waals surface area contributed by atoms with Gasteiger partial charge in [-0.1, -0.05) is 12.1 Å². The Bertz CT molecular complexity index is 697. The zero-order chi connectivity index (χ0) is 17.1. The van der Waals surface area contributed by atoms with E-state index in [0.717, 1.165) is 37.2 Å². The van der Waals surface area contributed by atoms with Crippen molar-refractivity contribution in [1.29, 1.82) is 0 Å². The van der Waals surface area contributed by atoms with E-state index in [0.29, 0.717) is 0 Å². The lowest BCUT2D eigenvalue weighted by atomic mass is 10.1. The van der Waals surface area contributed by atoms with Gasteiger partial charge in [-0.3, -0.25) is 0 Å². The molecule has 1 aromatic heterocycles. The number of hydrogen-bond acceptors (Lipinski definition) is 4. The molecule has 0 fully saturated rings. The van der Waals surface area contributed by atoms with Gasteiger partial charge in [-0.2, -0.15) is 5.10 Å². The quantitative estimate of drug-likeness (QED) is 0.900. The number of phenolic OH excluding ortho intramolecular Hbond substituents is 1. The van der Waals surface area contributed by atoms with Crippen molar-refractivity contribution < 1.29 is 9.90 Å². The number of amides is 2. The highest BCUT2D eigenvalue weighted by molar-refractivity contribution is 5.74. The number of hydrogen-bond donors (Lipinski definition) is 2. The van der Waals surface area contributed by atoms with Gasteiger partial charge in [0, 0.05) is 19.6 Å². The molecule has 128 valence electrons.